The van der Waals surface area contributed by atoms with Gasteiger partial charge >= 0.3 is 0 Å². The van der Waals surface area contributed by atoms with Gasteiger partial charge in [-0.2, -0.15) is 5.10 Å². The number of aromatic hydroxyl groups is 3. The third-order valence-electron chi connectivity index (χ3n) is 3.22. The highest BCUT2D eigenvalue weighted by atomic mass is 32.1. The van der Waals surface area contributed by atoms with Crippen molar-refractivity contribution in [3.05, 3.63) is 46.8 Å². The van der Waals surface area contributed by atoms with Crippen LogP contribution in [0.3, 0.4) is 0 Å². The van der Waals surface area contributed by atoms with Crippen LogP contribution >= 0.6 is 11.3 Å². The number of hydrogen-bond acceptors (Lipinski definition) is 6. The van der Waals surface area contributed by atoms with Gasteiger partial charge in [0, 0.05) is 12.6 Å². The van der Waals surface area contributed by atoms with Crippen LogP contribution in [0.15, 0.2) is 46.6 Å². The second-order valence-corrected chi connectivity index (χ2v) is 5.64. The highest BCUT2D eigenvalue weighted by Crippen LogP contribution is 2.36. The van der Waals surface area contributed by atoms with Crippen LogP contribution in [0.2, 0.25) is 0 Å². The molecule has 3 rings (SSSR count). The van der Waals surface area contributed by atoms with Crippen molar-refractivity contribution in [3.63, 3.8) is 0 Å². The summed E-state index contributed by atoms with van der Waals surface area (Å²) in [5, 5.41) is 36.5. The van der Waals surface area contributed by atoms with E-state index < -0.39 is 11.5 Å². The van der Waals surface area contributed by atoms with E-state index in [1.807, 2.05) is 35.9 Å². The summed E-state index contributed by atoms with van der Waals surface area (Å²) in [6.07, 6.45) is 1.32. The highest BCUT2D eigenvalue weighted by molar-refractivity contribution is 7.16. The Hall–Kier alpha value is -2.80. The van der Waals surface area contributed by atoms with Crippen molar-refractivity contribution in [3.8, 4) is 17.2 Å². The number of rotatable bonds is 2. The molecule has 0 aliphatic heterocycles. The SMILES string of the molecule is Cn1c(=NN=Cc2ccc(O)c(O)c2O)sc2ccccc21. The molecular formula is C15H13N3O3S. The van der Waals surface area contributed by atoms with Crippen molar-refractivity contribution in [2.24, 2.45) is 17.3 Å². The van der Waals surface area contributed by atoms with Gasteiger partial charge in [0.15, 0.2) is 11.5 Å². The Labute approximate surface area is 129 Å². The van der Waals surface area contributed by atoms with Gasteiger partial charge in [0.1, 0.15) is 0 Å². The maximum atomic E-state index is 9.70. The largest absolute Gasteiger partial charge is 0.504 e. The topological polar surface area (TPSA) is 90.3 Å². The van der Waals surface area contributed by atoms with Crippen LogP contribution in [0.1, 0.15) is 5.56 Å². The second-order valence-electron chi connectivity index (χ2n) is 4.63. The quantitative estimate of drug-likeness (QED) is 0.385. The fourth-order valence-corrected chi connectivity index (χ4v) is 2.98. The van der Waals surface area contributed by atoms with Gasteiger partial charge in [-0.3, -0.25) is 0 Å². The molecule has 3 N–H and O–H groups in total. The molecule has 0 spiro atoms. The molecule has 0 saturated carbocycles. The van der Waals surface area contributed by atoms with Gasteiger partial charge in [0.2, 0.25) is 10.6 Å². The number of thiazole rings is 1. The summed E-state index contributed by atoms with van der Waals surface area (Å²) in [4.78, 5) is 0.708. The van der Waals surface area contributed by atoms with E-state index >= 15 is 0 Å². The maximum Gasteiger partial charge on any atom is 0.211 e. The van der Waals surface area contributed by atoms with Crippen molar-refractivity contribution in [2.75, 3.05) is 0 Å². The van der Waals surface area contributed by atoms with E-state index in [2.05, 4.69) is 10.2 Å². The molecule has 0 aliphatic carbocycles. The zero-order chi connectivity index (χ0) is 15.7. The Bertz CT molecular complexity index is 941. The predicted octanol–water partition coefficient (Wildman–Crippen LogP) is 2.29. The Kier molecular flexibility index (Phi) is 3.56. The molecule has 3 aromatic rings. The van der Waals surface area contributed by atoms with Gasteiger partial charge in [-0.05, 0) is 24.3 Å². The lowest BCUT2D eigenvalue weighted by Gasteiger charge is -2.02. The number of benzene rings is 2. The van der Waals surface area contributed by atoms with Gasteiger partial charge in [0.25, 0.3) is 0 Å². The maximum absolute atomic E-state index is 9.70. The van der Waals surface area contributed by atoms with Crippen molar-refractivity contribution >= 4 is 27.8 Å². The molecule has 0 aliphatic rings. The molecule has 112 valence electrons. The minimum atomic E-state index is -0.573. The molecule has 1 aromatic heterocycles. The van der Waals surface area contributed by atoms with Gasteiger partial charge < -0.3 is 19.9 Å². The highest BCUT2D eigenvalue weighted by Gasteiger charge is 2.09. The molecule has 7 heteroatoms. The van der Waals surface area contributed by atoms with Crippen molar-refractivity contribution in [2.45, 2.75) is 0 Å². The molecular weight excluding hydrogens is 302 g/mol. The summed E-state index contributed by atoms with van der Waals surface area (Å²) in [7, 11) is 1.90. The fraction of sp³-hybridized carbons (Fsp3) is 0.0667. The predicted molar refractivity (Wildman–Crippen MR) is 85.4 cm³/mol. The van der Waals surface area contributed by atoms with Crippen molar-refractivity contribution < 1.29 is 15.3 Å². The Balaban J connectivity index is 1.99. The number of phenols is 3. The lowest BCUT2D eigenvalue weighted by Crippen LogP contribution is -2.08. The smallest absolute Gasteiger partial charge is 0.211 e. The van der Waals surface area contributed by atoms with Crippen molar-refractivity contribution in [1.29, 1.82) is 0 Å². The Morgan fingerprint density at radius 2 is 1.82 bits per heavy atom. The van der Waals surface area contributed by atoms with E-state index in [4.69, 9.17) is 0 Å². The molecule has 0 saturated heterocycles. The summed E-state index contributed by atoms with van der Waals surface area (Å²) < 4.78 is 3.02. The summed E-state index contributed by atoms with van der Waals surface area (Å²) in [5.74, 6) is -1.39. The summed E-state index contributed by atoms with van der Waals surface area (Å²) in [6, 6.07) is 10.6. The third kappa shape index (κ3) is 2.42. The minimum Gasteiger partial charge on any atom is -0.504 e. The van der Waals surface area contributed by atoms with Gasteiger partial charge in [0.05, 0.1) is 16.4 Å². The third-order valence-corrected chi connectivity index (χ3v) is 4.32. The molecule has 6 nitrogen and oxygen atoms in total. The first-order valence-corrected chi connectivity index (χ1v) is 7.25. The first kappa shape index (κ1) is 14.2. The van der Waals surface area contributed by atoms with Crippen LogP contribution in [0.5, 0.6) is 17.2 Å². The van der Waals surface area contributed by atoms with Gasteiger partial charge in [-0.1, -0.05) is 23.5 Å². The van der Waals surface area contributed by atoms with Gasteiger partial charge in [-0.15, -0.1) is 5.10 Å². The standard InChI is InChI=1S/C15H13N3O3S/c1-18-10-4-2-3-5-12(10)22-15(18)17-16-8-9-6-7-11(19)14(21)13(9)20/h2-8,19-21H,1H3. The summed E-state index contributed by atoms with van der Waals surface area (Å²) >= 11 is 1.50. The summed E-state index contributed by atoms with van der Waals surface area (Å²) in [6.45, 7) is 0. The first-order chi connectivity index (χ1) is 10.6. The number of hydrogen-bond donors (Lipinski definition) is 3. The lowest BCUT2D eigenvalue weighted by molar-refractivity contribution is 0.367. The molecule has 1 heterocycles. The van der Waals surface area contributed by atoms with Crippen LogP contribution in [0.4, 0.5) is 0 Å². The molecule has 0 fully saturated rings. The number of fused-ring (bicyclic) bond motifs is 1. The number of aryl methyl sites for hydroxylation is 1. The second kappa shape index (κ2) is 5.53. The zero-order valence-corrected chi connectivity index (χ0v) is 12.4. The molecule has 0 bridgehead atoms. The number of para-hydroxylation sites is 1. The molecule has 2 aromatic carbocycles. The van der Waals surface area contributed by atoms with Gasteiger partial charge in [-0.25, -0.2) is 0 Å². The van der Waals surface area contributed by atoms with E-state index in [1.165, 1.54) is 29.7 Å². The molecule has 0 amide bonds. The minimum absolute atomic E-state index is 0.266. The number of nitrogens with zero attached hydrogens (tertiary/aromatic N) is 3. The number of aromatic nitrogens is 1. The van der Waals surface area contributed by atoms with E-state index in [0.29, 0.717) is 4.80 Å². The fourth-order valence-electron chi connectivity index (χ4n) is 2.01. The monoisotopic (exact) mass is 315 g/mol. The molecule has 22 heavy (non-hydrogen) atoms. The normalized spacial score (nSPS) is 12.5. The van der Waals surface area contributed by atoms with Crippen LogP contribution < -0.4 is 4.80 Å². The van der Waals surface area contributed by atoms with E-state index in [9.17, 15) is 15.3 Å². The molecule has 0 unspecified atom stereocenters. The Morgan fingerprint density at radius 1 is 1.05 bits per heavy atom. The first-order valence-electron chi connectivity index (χ1n) is 6.43. The van der Waals surface area contributed by atoms with Crippen LogP contribution in [0, 0.1) is 0 Å². The van der Waals surface area contributed by atoms with E-state index in [-0.39, 0.29) is 11.3 Å². The van der Waals surface area contributed by atoms with Crippen LogP contribution in [-0.4, -0.2) is 26.1 Å². The Morgan fingerprint density at radius 3 is 2.59 bits per heavy atom. The molecule has 0 radical (unpaired) electrons. The average Bonchev–Trinajstić information content (AvgIpc) is 2.84. The van der Waals surface area contributed by atoms with E-state index in [1.54, 1.807) is 0 Å². The zero-order valence-electron chi connectivity index (χ0n) is 11.6. The lowest BCUT2D eigenvalue weighted by atomic mass is 10.2. The average molecular weight is 315 g/mol. The summed E-state index contributed by atoms with van der Waals surface area (Å²) in [5.41, 5.74) is 1.33. The molecule has 0 atom stereocenters. The van der Waals surface area contributed by atoms with Crippen LogP contribution in [-0.2, 0) is 7.05 Å². The van der Waals surface area contributed by atoms with Crippen molar-refractivity contribution in [1.82, 2.24) is 4.57 Å². The van der Waals surface area contributed by atoms with Crippen LogP contribution in [0.25, 0.3) is 10.2 Å². The number of phenolic OH excluding ortho intramolecular Hbond substituents is 3. The van der Waals surface area contributed by atoms with E-state index in [0.717, 1.165) is 10.2 Å².